The molecule has 2 nitrogen and oxygen atoms in total. The van der Waals surface area contributed by atoms with Crippen LogP contribution in [-0.4, -0.2) is 13.2 Å². The summed E-state index contributed by atoms with van der Waals surface area (Å²) in [4.78, 5) is 0. The molecule has 0 heterocycles. The standard InChI is InChI=1S/C15H22F3NO/c1-9-8-10(15(16,17)18)6-7-11(9)12(19)13(20-5)14(2,3)4/h6-8,12-13H,19H2,1-5H3. The molecule has 0 radical (unpaired) electrons. The molecule has 114 valence electrons. The van der Waals surface area contributed by atoms with Gasteiger partial charge in [0, 0.05) is 7.11 Å². The zero-order chi connectivity index (χ0) is 15.7. The van der Waals surface area contributed by atoms with Gasteiger partial charge in [-0.3, -0.25) is 0 Å². The maximum atomic E-state index is 12.7. The van der Waals surface area contributed by atoms with Crippen LogP contribution in [0.15, 0.2) is 18.2 Å². The van der Waals surface area contributed by atoms with E-state index < -0.39 is 17.8 Å². The summed E-state index contributed by atoms with van der Waals surface area (Å²) < 4.78 is 43.4. The lowest BCUT2D eigenvalue weighted by Gasteiger charge is -2.34. The van der Waals surface area contributed by atoms with Gasteiger partial charge in [-0.25, -0.2) is 0 Å². The molecule has 1 aromatic rings. The predicted molar refractivity (Wildman–Crippen MR) is 73.4 cm³/mol. The van der Waals surface area contributed by atoms with Crippen molar-refractivity contribution in [3.63, 3.8) is 0 Å². The van der Waals surface area contributed by atoms with Crippen LogP contribution in [0.2, 0.25) is 0 Å². The summed E-state index contributed by atoms with van der Waals surface area (Å²) in [6.07, 6.45) is -4.61. The number of rotatable bonds is 3. The second-order valence-electron chi connectivity index (χ2n) is 6.12. The van der Waals surface area contributed by atoms with Crippen LogP contribution in [0.3, 0.4) is 0 Å². The van der Waals surface area contributed by atoms with Crippen molar-refractivity contribution in [1.29, 1.82) is 0 Å². The Balaban J connectivity index is 3.15. The first-order chi connectivity index (χ1) is 8.98. The first-order valence-electron chi connectivity index (χ1n) is 6.44. The monoisotopic (exact) mass is 289 g/mol. The van der Waals surface area contributed by atoms with Crippen LogP contribution in [0, 0.1) is 12.3 Å². The summed E-state index contributed by atoms with van der Waals surface area (Å²) in [5, 5.41) is 0. The molecule has 0 saturated carbocycles. The Morgan fingerprint density at radius 2 is 1.70 bits per heavy atom. The molecule has 2 atom stereocenters. The van der Waals surface area contributed by atoms with Crippen molar-refractivity contribution in [3.8, 4) is 0 Å². The molecular weight excluding hydrogens is 267 g/mol. The van der Waals surface area contributed by atoms with Crippen LogP contribution in [-0.2, 0) is 10.9 Å². The average Bonchev–Trinajstić information content (AvgIpc) is 2.26. The number of alkyl halides is 3. The Hall–Kier alpha value is -1.07. The number of hydrogen-bond acceptors (Lipinski definition) is 2. The van der Waals surface area contributed by atoms with Crippen LogP contribution in [0.1, 0.15) is 43.5 Å². The highest BCUT2D eigenvalue weighted by molar-refractivity contribution is 5.35. The van der Waals surface area contributed by atoms with Crippen LogP contribution in [0.4, 0.5) is 13.2 Å². The van der Waals surface area contributed by atoms with Gasteiger partial charge in [0.15, 0.2) is 0 Å². The third-order valence-corrected chi connectivity index (χ3v) is 3.39. The highest BCUT2D eigenvalue weighted by Crippen LogP contribution is 2.35. The summed E-state index contributed by atoms with van der Waals surface area (Å²) in [6.45, 7) is 7.60. The van der Waals surface area contributed by atoms with Crippen molar-refractivity contribution in [1.82, 2.24) is 0 Å². The van der Waals surface area contributed by atoms with Gasteiger partial charge >= 0.3 is 6.18 Å². The molecule has 0 saturated heterocycles. The SMILES string of the molecule is COC(C(N)c1ccc(C(F)(F)F)cc1C)C(C)(C)C. The summed E-state index contributed by atoms with van der Waals surface area (Å²) in [7, 11) is 1.56. The number of halogens is 3. The highest BCUT2D eigenvalue weighted by atomic mass is 19.4. The topological polar surface area (TPSA) is 35.2 Å². The highest BCUT2D eigenvalue weighted by Gasteiger charge is 2.34. The van der Waals surface area contributed by atoms with E-state index in [2.05, 4.69) is 0 Å². The van der Waals surface area contributed by atoms with E-state index in [1.165, 1.54) is 6.07 Å². The molecular formula is C15H22F3NO. The lowest BCUT2D eigenvalue weighted by Crippen LogP contribution is -2.39. The molecule has 2 unspecified atom stereocenters. The summed E-state index contributed by atoms with van der Waals surface area (Å²) in [6, 6.07) is 3.17. The van der Waals surface area contributed by atoms with E-state index in [0.717, 1.165) is 12.1 Å². The molecule has 1 aromatic carbocycles. The number of aryl methyl sites for hydroxylation is 1. The number of methoxy groups -OCH3 is 1. The van der Waals surface area contributed by atoms with Crippen molar-refractivity contribution in [2.75, 3.05) is 7.11 Å². The molecule has 0 bridgehead atoms. The molecule has 20 heavy (non-hydrogen) atoms. The number of benzene rings is 1. The van der Waals surface area contributed by atoms with E-state index in [1.807, 2.05) is 20.8 Å². The Kier molecular flexibility index (Phi) is 4.87. The second kappa shape index (κ2) is 5.74. The number of hydrogen-bond donors (Lipinski definition) is 1. The van der Waals surface area contributed by atoms with Crippen molar-refractivity contribution in [3.05, 3.63) is 34.9 Å². The Labute approximate surface area is 118 Å². The summed E-state index contributed by atoms with van der Waals surface area (Å²) >= 11 is 0. The largest absolute Gasteiger partial charge is 0.416 e. The van der Waals surface area contributed by atoms with E-state index >= 15 is 0 Å². The van der Waals surface area contributed by atoms with Gasteiger partial charge in [-0.1, -0.05) is 26.8 Å². The number of nitrogens with two attached hydrogens (primary N) is 1. The van der Waals surface area contributed by atoms with Crippen molar-refractivity contribution in [2.24, 2.45) is 11.1 Å². The molecule has 5 heteroatoms. The normalized spacial score (nSPS) is 16.1. The van der Waals surface area contributed by atoms with E-state index in [9.17, 15) is 13.2 Å². The van der Waals surface area contributed by atoms with Crippen LogP contribution in [0.25, 0.3) is 0 Å². The van der Waals surface area contributed by atoms with Gasteiger partial charge in [0.2, 0.25) is 0 Å². The first-order valence-corrected chi connectivity index (χ1v) is 6.44. The quantitative estimate of drug-likeness (QED) is 0.910. The van der Waals surface area contributed by atoms with Gasteiger partial charge < -0.3 is 10.5 Å². The minimum absolute atomic E-state index is 0.205. The van der Waals surface area contributed by atoms with Gasteiger partial charge in [-0.2, -0.15) is 13.2 Å². The predicted octanol–water partition coefficient (Wildman–Crippen LogP) is 4.07. The fourth-order valence-electron chi connectivity index (χ4n) is 2.43. The first kappa shape index (κ1) is 17.0. The van der Waals surface area contributed by atoms with Crippen molar-refractivity contribution in [2.45, 2.75) is 46.0 Å². The van der Waals surface area contributed by atoms with Crippen LogP contribution < -0.4 is 5.73 Å². The molecule has 1 rings (SSSR count). The van der Waals surface area contributed by atoms with E-state index in [1.54, 1.807) is 14.0 Å². The maximum Gasteiger partial charge on any atom is 0.416 e. The molecule has 0 fully saturated rings. The van der Waals surface area contributed by atoms with Gasteiger partial charge in [0.1, 0.15) is 0 Å². The average molecular weight is 289 g/mol. The molecule has 0 aliphatic heterocycles. The lowest BCUT2D eigenvalue weighted by molar-refractivity contribution is -0.137. The molecule has 2 N–H and O–H groups in total. The Bertz CT molecular complexity index is 463. The minimum atomic E-state index is -4.34. The zero-order valence-electron chi connectivity index (χ0n) is 12.5. The second-order valence-corrected chi connectivity index (χ2v) is 6.12. The number of ether oxygens (including phenoxy) is 1. The fraction of sp³-hybridized carbons (Fsp3) is 0.600. The minimum Gasteiger partial charge on any atom is -0.379 e. The van der Waals surface area contributed by atoms with Gasteiger partial charge in [-0.15, -0.1) is 0 Å². The van der Waals surface area contributed by atoms with E-state index in [0.29, 0.717) is 11.1 Å². The summed E-state index contributed by atoms with van der Waals surface area (Å²) in [5.74, 6) is 0. The third-order valence-electron chi connectivity index (χ3n) is 3.39. The lowest BCUT2D eigenvalue weighted by atomic mass is 9.81. The van der Waals surface area contributed by atoms with E-state index in [4.69, 9.17) is 10.5 Å². The maximum absolute atomic E-state index is 12.7. The molecule has 0 amide bonds. The smallest absolute Gasteiger partial charge is 0.379 e. The van der Waals surface area contributed by atoms with E-state index in [-0.39, 0.29) is 11.5 Å². The fourth-order valence-corrected chi connectivity index (χ4v) is 2.43. The van der Waals surface area contributed by atoms with Crippen LogP contribution >= 0.6 is 0 Å². The zero-order valence-corrected chi connectivity index (χ0v) is 12.5. The molecule has 0 aliphatic carbocycles. The third kappa shape index (κ3) is 3.73. The Morgan fingerprint density at radius 1 is 1.15 bits per heavy atom. The molecule has 0 aliphatic rings. The van der Waals surface area contributed by atoms with Gasteiger partial charge in [-0.05, 0) is 35.6 Å². The van der Waals surface area contributed by atoms with Gasteiger partial charge in [0.25, 0.3) is 0 Å². The molecule has 0 aromatic heterocycles. The summed E-state index contributed by atoms with van der Waals surface area (Å²) in [5.41, 5.74) is 6.53. The van der Waals surface area contributed by atoms with Crippen molar-refractivity contribution >= 4 is 0 Å². The van der Waals surface area contributed by atoms with Crippen LogP contribution in [0.5, 0.6) is 0 Å². The Morgan fingerprint density at radius 3 is 2.05 bits per heavy atom. The molecule has 0 spiro atoms. The van der Waals surface area contributed by atoms with Crippen molar-refractivity contribution < 1.29 is 17.9 Å². The van der Waals surface area contributed by atoms with Gasteiger partial charge in [0.05, 0.1) is 17.7 Å².